The molecule has 2 amide bonds. The molecule has 0 unspecified atom stereocenters. The second-order valence-electron chi connectivity index (χ2n) is 12.6. The van der Waals surface area contributed by atoms with Crippen LogP contribution in [0.25, 0.3) is 0 Å². The zero-order valence-corrected chi connectivity index (χ0v) is 26.7. The normalized spacial score (nSPS) is 22.7. The molecular weight excluding hydrogens is 698 g/mol. The van der Waals surface area contributed by atoms with Crippen LogP contribution in [0.3, 0.4) is 0 Å². The molecule has 2 fully saturated rings. The van der Waals surface area contributed by atoms with E-state index in [2.05, 4.69) is 0 Å². The molecular formula is C34H27F8N3O4S. The summed E-state index contributed by atoms with van der Waals surface area (Å²) in [6.07, 6.45) is -13.6. The summed E-state index contributed by atoms with van der Waals surface area (Å²) >= 11 is 0. The largest absolute Gasteiger partial charge is 0.435 e. The molecule has 0 spiro atoms. The number of carbonyl (C=O) groups is 2. The Hall–Kier alpha value is -4.52. The van der Waals surface area contributed by atoms with E-state index in [1.165, 1.54) is 9.80 Å². The quantitative estimate of drug-likeness (QED) is 0.217. The van der Waals surface area contributed by atoms with Crippen molar-refractivity contribution in [1.29, 1.82) is 5.26 Å². The van der Waals surface area contributed by atoms with Crippen LogP contribution < -0.4 is 0 Å². The summed E-state index contributed by atoms with van der Waals surface area (Å²) in [5.74, 6) is -1.72. The van der Waals surface area contributed by atoms with Gasteiger partial charge in [0, 0.05) is 25.1 Å². The summed E-state index contributed by atoms with van der Waals surface area (Å²) in [5, 5.41) is 9.09. The Balaban J connectivity index is 1.43. The maximum absolute atomic E-state index is 15.1. The molecule has 0 aromatic heterocycles. The third-order valence-corrected chi connectivity index (χ3v) is 12.5. The van der Waals surface area contributed by atoms with Crippen molar-refractivity contribution in [2.24, 2.45) is 0 Å². The fraction of sp³-hybridized carbons (Fsp3) is 0.382. The number of fused-ring (bicyclic) bond motifs is 3. The summed E-state index contributed by atoms with van der Waals surface area (Å²) in [7, 11) is -4.67. The van der Waals surface area contributed by atoms with Gasteiger partial charge in [0.1, 0.15) is 16.6 Å². The number of hydrogen-bond acceptors (Lipinski definition) is 5. The van der Waals surface area contributed by atoms with Gasteiger partial charge in [-0.2, -0.15) is 31.6 Å². The number of amides is 2. The van der Waals surface area contributed by atoms with Gasteiger partial charge in [0.2, 0.25) is 11.8 Å². The smallest absolute Gasteiger partial charge is 0.336 e. The second-order valence-corrected chi connectivity index (χ2v) is 14.8. The molecule has 1 aliphatic carbocycles. The lowest BCUT2D eigenvalue weighted by molar-refractivity contribution is -0.348. The first-order chi connectivity index (χ1) is 23.4. The molecule has 2 aliphatic heterocycles. The average molecular weight is 726 g/mol. The van der Waals surface area contributed by atoms with Crippen molar-refractivity contribution in [1.82, 2.24) is 9.80 Å². The second kappa shape index (κ2) is 12.1. The maximum atomic E-state index is 15.1. The molecule has 3 atom stereocenters. The van der Waals surface area contributed by atoms with E-state index in [4.69, 9.17) is 5.26 Å². The SMILES string of the molecule is N#Cc1ccc(CN2C(=O)CC[C@H]2C(=O)N2CC[C@]3(S(=O)(=O)c4ccc(F)cc4)c4ccc(C(F)(C(F)(F)F)C(F)(F)F)cc4CC[C@H]23)cc1. The number of rotatable bonds is 6. The molecule has 2 heterocycles. The predicted molar refractivity (Wildman–Crippen MR) is 160 cm³/mol. The van der Waals surface area contributed by atoms with Crippen LogP contribution in [-0.2, 0) is 42.8 Å². The lowest BCUT2D eigenvalue weighted by atomic mass is 9.76. The van der Waals surface area contributed by atoms with Crippen molar-refractivity contribution in [3.05, 3.63) is 100 Å². The summed E-state index contributed by atoms with van der Waals surface area (Å²) < 4.78 is 138. The van der Waals surface area contributed by atoms with Crippen molar-refractivity contribution >= 4 is 21.7 Å². The number of nitrogens with zero attached hydrogens (tertiary/aromatic N) is 3. The first-order valence-electron chi connectivity index (χ1n) is 15.4. The number of aryl methyl sites for hydroxylation is 1. The maximum Gasteiger partial charge on any atom is 0.435 e. The number of halogens is 8. The molecule has 50 heavy (non-hydrogen) atoms. The topological polar surface area (TPSA) is 98.5 Å². The predicted octanol–water partition coefficient (Wildman–Crippen LogP) is 6.39. The van der Waals surface area contributed by atoms with Gasteiger partial charge in [0.05, 0.1) is 22.6 Å². The van der Waals surface area contributed by atoms with Crippen LogP contribution in [0.2, 0.25) is 0 Å². The Morgan fingerprint density at radius 1 is 0.900 bits per heavy atom. The molecule has 3 aliphatic rings. The molecule has 0 radical (unpaired) electrons. The van der Waals surface area contributed by atoms with E-state index in [9.17, 15) is 48.7 Å². The summed E-state index contributed by atoms with van der Waals surface area (Å²) in [5.41, 5.74) is -6.98. The number of benzene rings is 3. The van der Waals surface area contributed by atoms with Crippen LogP contribution in [0.5, 0.6) is 0 Å². The van der Waals surface area contributed by atoms with E-state index in [1.54, 1.807) is 24.3 Å². The van der Waals surface area contributed by atoms with Crippen molar-refractivity contribution < 1.29 is 53.1 Å². The zero-order chi connectivity index (χ0) is 36.4. The number of likely N-dealkylation sites (tertiary alicyclic amines) is 2. The number of alkyl halides is 7. The molecule has 6 rings (SSSR count). The Morgan fingerprint density at radius 2 is 1.54 bits per heavy atom. The van der Waals surface area contributed by atoms with Crippen molar-refractivity contribution in [2.75, 3.05) is 6.54 Å². The molecule has 0 N–H and O–H groups in total. The minimum atomic E-state index is -6.40. The van der Waals surface area contributed by atoms with Crippen molar-refractivity contribution in [3.8, 4) is 6.07 Å². The molecule has 2 saturated heterocycles. The van der Waals surface area contributed by atoms with Crippen LogP contribution in [0.15, 0.2) is 71.6 Å². The highest BCUT2D eigenvalue weighted by molar-refractivity contribution is 7.92. The van der Waals surface area contributed by atoms with E-state index in [0.29, 0.717) is 17.2 Å². The summed E-state index contributed by atoms with van der Waals surface area (Å²) in [6, 6.07) is 11.2. The van der Waals surface area contributed by atoms with Crippen LogP contribution in [0.4, 0.5) is 35.1 Å². The minimum absolute atomic E-state index is 0.00742. The van der Waals surface area contributed by atoms with Gasteiger partial charge in [-0.25, -0.2) is 17.2 Å². The highest BCUT2D eigenvalue weighted by atomic mass is 32.2. The van der Waals surface area contributed by atoms with Gasteiger partial charge in [-0.05, 0) is 78.8 Å². The number of sulfone groups is 1. The van der Waals surface area contributed by atoms with Gasteiger partial charge < -0.3 is 9.80 Å². The first kappa shape index (κ1) is 35.3. The molecule has 3 aromatic rings. The molecule has 0 bridgehead atoms. The van der Waals surface area contributed by atoms with E-state index < -0.39 is 66.9 Å². The van der Waals surface area contributed by atoms with Gasteiger partial charge in [0.15, 0.2) is 9.84 Å². The van der Waals surface area contributed by atoms with Crippen molar-refractivity contribution in [3.63, 3.8) is 0 Å². The monoisotopic (exact) mass is 725 g/mol. The van der Waals surface area contributed by atoms with Gasteiger partial charge in [-0.15, -0.1) is 0 Å². The molecule has 7 nitrogen and oxygen atoms in total. The third kappa shape index (κ3) is 5.32. The van der Waals surface area contributed by atoms with E-state index in [-0.39, 0.29) is 68.3 Å². The van der Waals surface area contributed by atoms with E-state index >= 15 is 4.39 Å². The fourth-order valence-electron chi connectivity index (χ4n) is 7.58. The van der Waals surface area contributed by atoms with Gasteiger partial charge in [0.25, 0.3) is 0 Å². The Kier molecular flexibility index (Phi) is 8.52. The van der Waals surface area contributed by atoms with Crippen LogP contribution in [0, 0.1) is 17.1 Å². The Bertz CT molecular complexity index is 1980. The number of hydrogen-bond donors (Lipinski definition) is 0. The minimum Gasteiger partial charge on any atom is -0.336 e. The molecule has 3 aromatic carbocycles. The summed E-state index contributed by atoms with van der Waals surface area (Å²) in [6.45, 7) is -0.202. The number of carbonyl (C=O) groups excluding carboxylic acids is 2. The lowest BCUT2D eigenvalue weighted by Crippen LogP contribution is -2.55. The Morgan fingerprint density at radius 3 is 2.14 bits per heavy atom. The molecule has 0 saturated carbocycles. The van der Waals surface area contributed by atoms with Crippen molar-refractivity contribution in [2.45, 2.75) is 78.4 Å². The zero-order valence-electron chi connectivity index (χ0n) is 25.9. The fourth-order valence-corrected chi connectivity index (χ4v) is 9.95. The third-order valence-electron chi connectivity index (χ3n) is 10.0. The standard InChI is InChI=1S/C34H27F8N3O4S/c35-24-7-9-25(10-8-24)50(48,49)31-15-16-44(30(47)27-12-14-29(46)45(27)19-21-3-1-20(18-43)2-4-21)28(31)13-5-22-17-23(6-11-26(22)31)32(36,33(37,38)39)34(40,41)42/h1-4,6-11,17,27-28H,5,12-16,19H2/t27-,28-,31-/m0/s1. The van der Waals surface area contributed by atoms with Crippen LogP contribution in [0.1, 0.15) is 53.5 Å². The van der Waals surface area contributed by atoms with E-state index in [0.717, 1.165) is 30.3 Å². The molecule has 16 heteroatoms. The van der Waals surface area contributed by atoms with E-state index in [1.807, 2.05) is 6.07 Å². The Labute approximate surface area is 281 Å². The highest BCUT2D eigenvalue weighted by Crippen LogP contribution is 2.57. The van der Waals surface area contributed by atoms with Gasteiger partial charge in [-0.3, -0.25) is 9.59 Å². The summed E-state index contributed by atoms with van der Waals surface area (Å²) in [4.78, 5) is 29.4. The van der Waals surface area contributed by atoms with Crippen LogP contribution >= 0.6 is 0 Å². The van der Waals surface area contributed by atoms with Crippen LogP contribution in [-0.4, -0.2) is 61.0 Å². The molecule has 264 valence electrons. The lowest BCUT2D eigenvalue weighted by Gasteiger charge is -2.43. The highest BCUT2D eigenvalue weighted by Gasteiger charge is 2.74. The average Bonchev–Trinajstić information content (AvgIpc) is 3.65. The first-order valence-corrected chi connectivity index (χ1v) is 16.9. The van der Waals surface area contributed by atoms with Gasteiger partial charge in [-0.1, -0.05) is 30.3 Å². The van der Waals surface area contributed by atoms with Gasteiger partial charge >= 0.3 is 18.0 Å². The number of nitriles is 1.